The summed E-state index contributed by atoms with van der Waals surface area (Å²) in [6, 6.07) is 0. The molecule has 0 heterocycles. The zero-order valence-corrected chi connectivity index (χ0v) is 6.64. The van der Waals surface area contributed by atoms with Crippen LogP contribution in [0, 0.1) is 0 Å². The highest BCUT2D eigenvalue weighted by Crippen LogP contribution is 2.20. The second-order valence-corrected chi connectivity index (χ2v) is 3.16. The van der Waals surface area contributed by atoms with Crippen molar-refractivity contribution >= 4 is 0 Å². The number of aliphatic hydroxyl groups is 1. The topological polar surface area (TPSA) is 20.2 Å². The predicted octanol–water partition coefficient (Wildman–Crippen LogP) is 2.26. The maximum atomic E-state index is 9.06. The molecule has 0 radical (unpaired) electrons. The summed E-state index contributed by atoms with van der Waals surface area (Å²) >= 11 is 0. The Morgan fingerprint density at radius 2 is 2.40 bits per heavy atom. The summed E-state index contributed by atoms with van der Waals surface area (Å²) in [5.74, 6) is 0. The van der Waals surface area contributed by atoms with E-state index in [0.29, 0.717) is 0 Å². The van der Waals surface area contributed by atoms with E-state index in [1.165, 1.54) is 31.3 Å². The zero-order chi connectivity index (χ0) is 7.40. The van der Waals surface area contributed by atoms with Crippen LogP contribution in [0.2, 0.25) is 0 Å². The largest absolute Gasteiger partial charge is 0.393 e. The van der Waals surface area contributed by atoms with Crippen LogP contribution in [0.15, 0.2) is 11.6 Å². The molecule has 0 aromatic rings. The lowest BCUT2D eigenvalue weighted by Gasteiger charge is -2.13. The Morgan fingerprint density at radius 1 is 1.60 bits per heavy atom. The van der Waals surface area contributed by atoms with Gasteiger partial charge in [0.1, 0.15) is 0 Å². The predicted molar refractivity (Wildman–Crippen MR) is 42.8 cm³/mol. The van der Waals surface area contributed by atoms with Crippen LogP contribution in [0.25, 0.3) is 0 Å². The lowest BCUT2D eigenvalue weighted by Crippen LogP contribution is -2.03. The molecular weight excluding hydrogens is 124 g/mol. The van der Waals surface area contributed by atoms with Gasteiger partial charge in [0.25, 0.3) is 0 Å². The first-order valence-electron chi connectivity index (χ1n) is 4.15. The maximum Gasteiger partial charge on any atom is 0.0549 e. The van der Waals surface area contributed by atoms with Crippen molar-refractivity contribution in [3.8, 4) is 0 Å². The fourth-order valence-corrected chi connectivity index (χ4v) is 1.47. The van der Waals surface area contributed by atoms with Gasteiger partial charge in [-0.25, -0.2) is 0 Å². The van der Waals surface area contributed by atoms with E-state index in [4.69, 9.17) is 5.11 Å². The second-order valence-electron chi connectivity index (χ2n) is 3.16. The molecule has 1 aliphatic carbocycles. The Hall–Kier alpha value is -0.300. The first-order valence-corrected chi connectivity index (χ1v) is 4.15. The first kappa shape index (κ1) is 7.80. The third-order valence-corrected chi connectivity index (χ3v) is 1.94. The minimum absolute atomic E-state index is 0.149. The summed E-state index contributed by atoms with van der Waals surface area (Å²) in [4.78, 5) is 0. The van der Waals surface area contributed by atoms with Gasteiger partial charge >= 0.3 is 0 Å². The van der Waals surface area contributed by atoms with Gasteiger partial charge in [0.15, 0.2) is 0 Å². The van der Waals surface area contributed by atoms with E-state index in [1.54, 1.807) is 0 Å². The van der Waals surface area contributed by atoms with Gasteiger partial charge in [-0.05, 0) is 39.0 Å². The average Bonchev–Trinajstić information content (AvgIpc) is 1.88. The van der Waals surface area contributed by atoms with Crippen LogP contribution < -0.4 is 0 Å². The third-order valence-electron chi connectivity index (χ3n) is 1.94. The van der Waals surface area contributed by atoms with Crippen molar-refractivity contribution in [3.05, 3.63) is 11.6 Å². The van der Waals surface area contributed by atoms with Gasteiger partial charge in [-0.15, -0.1) is 0 Å². The molecule has 1 rings (SSSR count). The minimum Gasteiger partial charge on any atom is -0.393 e. The van der Waals surface area contributed by atoms with Crippen molar-refractivity contribution in [1.82, 2.24) is 0 Å². The van der Waals surface area contributed by atoms with Gasteiger partial charge in [-0.3, -0.25) is 0 Å². The van der Waals surface area contributed by atoms with E-state index >= 15 is 0 Å². The maximum absolute atomic E-state index is 9.06. The van der Waals surface area contributed by atoms with Gasteiger partial charge in [0.2, 0.25) is 0 Å². The van der Waals surface area contributed by atoms with Gasteiger partial charge < -0.3 is 5.11 Å². The standard InChI is InChI=1S/C9H16O/c1-8(10)7-9-5-3-2-4-6-9/h5,8,10H,2-4,6-7H2,1H3. The zero-order valence-electron chi connectivity index (χ0n) is 6.64. The summed E-state index contributed by atoms with van der Waals surface area (Å²) in [5, 5.41) is 9.06. The van der Waals surface area contributed by atoms with Crippen LogP contribution in [0.5, 0.6) is 0 Å². The third kappa shape index (κ3) is 2.53. The minimum atomic E-state index is -0.149. The first-order chi connectivity index (χ1) is 4.79. The van der Waals surface area contributed by atoms with Crippen LogP contribution in [-0.4, -0.2) is 11.2 Å². The molecule has 0 saturated heterocycles. The molecule has 0 aliphatic heterocycles. The van der Waals surface area contributed by atoms with E-state index in [-0.39, 0.29) is 6.10 Å². The molecule has 1 N–H and O–H groups in total. The molecular formula is C9H16O. The van der Waals surface area contributed by atoms with Crippen molar-refractivity contribution < 1.29 is 5.11 Å². The molecule has 1 heteroatoms. The molecule has 0 spiro atoms. The molecule has 0 saturated carbocycles. The molecule has 0 aromatic heterocycles. The van der Waals surface area contributed by atoms with E-state index in [2.05, 4.69) is 6.08 Å². The van der Waals surface area contributed by atoms with E-state index in [1.807, 2.05) is 6.92 Å². The lowest BCUT2D eigenvalue weighted by molar-refractivity contribution is 0.193. The van der Waals surface area contributed by atoms with E-state index in [9.17, 15) is 0 Å². The molecule has 58 valence electrons. The van der Waals surface area contributed by atoms with Crippen LogP contribution in [0.4, 0.5) is 0 Å². The molecule has 10 heavy (non-hydrogen) atoms. The number of aliphatic hydroxyl groups excluding tert-OH is 1. The van der Waals surface area contributed by atoms with Gasteiger partial charge in [0, 0.05) is 0 Å². The Morgan fingerprint density at radius 3 is 2.90 bits per heavy atom. The summed E-state index contributed by atoms with van der Waals surface area (Å²) in [5.41, 5.74) is 1.46. The average molecular weight is 140 g/mol. The Balaban J connectivity index is 2.31. The van der Waals surface area contributed by atoms with Crippen LogP contribution in [0.1, 0.15) is 39.0 Å². The Kier molecular flexibility index (Phi) is 2.94. The SMILES string of the molecule is CC(O)CC1=CCCCC1. The Labute approximate surface area is 62.8 Å². The highest BCUT2D eigenvalue weighted by atomic mass is 16.3. The van der Waals surface area contributed by atoms with Crippen LogP contribution in [-0.2, 0) is 0 Å². The molecule has 0 bridgehead atoms. The highest BCUT2D eigenvalue weighted by molar-refractivity contribution is 5.05. The van der Waals surface area contributed by atoms with Crippen molar-refractivity contribution in [2.24, 2.45) is 0 Å². The molecule has 0 fully saturated rings. The molecule has 1 atom stereocenters. The number of hydrogen-bond acceptors (Lipinski definition) is 1. The summed E-state index contributed by atoms with van der Waals surface area (Å²) in [6.07, 6.45) is 8.12. The van der Waals surface area contributed by atoms with E-state index in [0.717, 1.165) is 6.42 Å². The molecule has 1 nitrogen and oxygen atoms in total. The van der Waals surface area contributed by atoms with E-state index < -0.39 is 0 Å². The number of rotatable bonds is 2. The van der Waals surface area contributed by atoms with Gasteiger partial charge in [0.05, 0.1) is 6.10 Å². The summed E-state index contributed by atoms with van der Waals surface area (Å²) in [7, 11) is 0. The smallest absolute Gasteiger partial charge is 0.0549 e. The van der Waals surface area contributed by atoms with Crippen LogP contribution in [0.3, 0.4) is 0 Å². The fraction of sp³-hybridized carbons (Fsp3) is 0.778. The van der Waals surface area contributed by atoms with Crippen molar-refractivity contribution in [2.75, 3.05) is 0 Å². The molecule has 1 aliphatic rings. The monoisotopic (exact) mass is 140 g/mol. The van der Waals surface area contributed by atoms with Crippen molar-refractivity contribution in [1.29, 1.82) is 0 Å². The molecule has 0 amide bonds. The fourth-order valence-electron chi connectivity index (χ4n) is 1.47. The second kappa shape index (κ2) is 3.77. The normalized spacial score (nSPS) is 22.0. The summed E-state index contributed by atoms with van der Waals surface area (Å²) in [6.45, 7) is 1.86. The number of hydrogen-bond donors (Lipinski definition) is 1. The lowest BCUT2D eigenvalue weighted by atomic mass is 9.96. The van der Waals surface area contributed by atoms with Crippen LogP contribution >= 0.6 is 0 Å². The molecule has 0 aromatic carbocycles. The number of allylic oxidation sites excluding steroid dienone is 1. The van der Waals surface area contributed by atoms with Crippen molar-refractivity contribution in [3.63, 3.8) is 0 Å². The summed E-state index contributed by atoms with van der Waals surface area (Å²) < 4.78 is 0. The van der Waals surface area contributed by atoms with Gasteiger partial charge in [-0.2, -0.15) is 0 Å². The molecule has 1 unspecified atom stereocenters. The van der Waals surface area contributed by atoms with Gasteiger partial charge in [-0.1, -0.05) is 11.6 Å². The van der Waals surface area contributed by atoms with Crippen molar-refractivity contribution in [2.45, 2.75) is 45.1 Å². The quantitative estimate of drug-likeness (QED) is 0.583. The highest BCUT2D eigenvalue weighted by Gasteiger charge is 2.05. The Bertz CT molecular complexity index is 125.